The summed E-state index contributed by atoms with van der Waals surface area (Å²) < 4.78 is 6.18. The van der Waals surface area contributed by atoms with Gasteiger partial charge in [0.05, 0.1) is 0 Å². The standard InChI is InChI=1S/C21H31N3O2/c1-3-9-17-12-7-8-13-18(17)26-15-21(14-16-10-5-4-6-11-16)19(25)24(2)20(22)23-21/h7-8,12-13,16H,3-6,9-11,14-15H2,1-2H3,(H2,22,23). The number of nitrogens with two attached hydrogens (primary N) is 1. The van der Waals surface area contributed by atoms with Gasteiger partial charge in [-0.05, 0) is 30.4 Å². The molecule has 0 radical (unpaired) electrons. The number of benzene rings is 1. The maximum atomic E-state index is 13.0. The molecule has 3 rings (SSSR count). The number of carbonyl (C=O) groups excluding carboxylic acids is 1. The Morgan fingerprint density at radius 2 is 2.00 bits per heavy atom. The number of hydrogen-bond acceptors (Lipinski definition) is 4. The van der Waals surface area contributed by atoms with Crippen LogP contribution in [-0.2, 0) is 11.2 Å². The Hall–Kier alpha value is -2.04. The van der Waals surface area contributed by atoms with Gasteiger partial charge in [0.2, 0.25) is 0 Å². The minimum absolute atomic E-state index is 0.0338. The van der Waals surface area contributed by atoms with Crippen molar-refractivity contribution >= 4 is 11.9 Å². The lowest BCUT2D eigenvalue weighted by atomic mass is 9.79. The quantitative estimate of drug-likeness (QED) is 0.812. The number of amides is 1. The molecule has 1 atom stereocenters. The first-order valence-corrected chi connectivity index (χ1v) is 9.90. The highest BCUT2D eigenvalue weighted by atomic mass is 16.5. The number of aliphatic imine (C=N–C) groups is 1. The largest absolute Gasteiger partial charge is 0.490 e. The van der Waals surface area contributed by atoms with Crippen molar-refractivity contribution in [3.8, 4) is 5.75 Å². The molecule has 142 valence electrons. The fraction of sp³-hybridized carbons (Fsp3) is 0.619. The van der Waals surface area contributed by atoms with Crippen molar-refractivity contribution < 1.29 is 9.53 Å². The molecule has 1 aliphatic heterocycles. The summed E-state index contributed by atoms with van der Waals surface area (Å²) in [5.41, 5.74) is 6.30. The van der Waals surface area contributed by atoms with Crippen molar-refractivity contribution in [2.45, 2.75) is 63.8 Å². The minimum atomic E-state index is -0.875. The Balaban J connectivity index is 1.80. The molecule has 1 unspecified atom stereocenters. The van der Waals surface area contributed by atoms with Crippen LogP contribution in [0.5, 0.6) is 5.75 Å². The first-order valence-electron chi connectivity index (χ1n) is 9.90. The zero-order chi connectivity index (χ0) is 18.6. The van der Waals surface area contributed by atoms with E-state index in [2.05, 4.69) is 18.0 Å². The second-order valence-corrected chi connectivity index (χ2v) is 7.72. The molecule has 0 saturated heterocycles. The third kappa shape index (κ3) is 3.87. The molecule has 0 bridgehead atoms. The monoisotopic (exact) mass is 357 g/mol. The van der Waals surface area contributed by atoms with E-state index in [1.54, 1.807) is 7.05 Å². The van der Waals surface area contributed by atoms with E-state index in [1.807, 2.05) is 18.2 Å². The van der Waals surface area contributed by atoms with Crippen LogP contribution in [0.4, 0.5) is 0 Å². The van der Waals surface area contributed by atoms with Crippen molar-refractivity contribution in [3.05, 3.63) is 29.8 Å². The number of ether oxygens (including phenoxy) is 1. The van der Waals surface area contributed by atoms with Gasteiger partial charge in [0.25, 0.3) is 5.91 Å². The number of carbonyl (C=O) groups is 1. The molecular weight excluding hydrogens is 326 g/mol. The minimum Gasteiger partial charge on any atom is -0.490 e. The van der Waals surface area contributed by atoms with Gasteiger partial charge in [0, 0.05) is 7.05 Å². The van der Waals surface area contributed by atoms with Crippen LogP contribution in [0.2, 0.25) is 0 Å². The molecule has 0 spiro atoms. The fourth-order valence-corrected chi connectivity index (χ4v) is 4.23. The maximum Gasteiger partial charge on any atom is 0.260 e. The number of para-hydroxylation sites is 1. The third-order valence-electron chi connectivity index (χ3n) is 5.68. The van der Waals surface area contributed by atoms with Crippen molar-refractivity contribution in [2.24, 2.45) is 16.6 Å². The molecule has 1 aromatic carbocycles. The van der Waals surface area contributed by atoms with Gasteiger partial charge in [-0.1, -0.05) is 63.6 Å². The van der Waals surface area contributed by atoms with E-state index < -0.39 is 5.54 Å². The van der Waals surface area contributed by atoms with Gasteiger partial charge < -0.3 is 10.5 Å². The molecule has 5 nitrogen and oxygen atoms in total. The van der Waals surface area contributed by atoms with Crippen LogP contribution in [-0.4, -0.2) is 36.0 Å². The van der Waals surface area contributed by atoms with E-state index in [-0.39, 0.29) is 12.5 Å². The van der Waals surface area contributed by atoms with E-state index in [0.29, 0.717) is 11.9 Å². The Kier molecular flexibility index (Phi) is 5.84. The fourth-order valence-electron chi connectivity index (χ4n) is 4.23. The molecule has 1 fully saturated rings. The molecule has 1 aliphatic carbocycles. The molecular formula is C21H31N3O2. The van der Waals surface area contributed by atoms with Crippen LogP contribution in [0, 0.1) is 5.92 Å². The van der Waals surface area contributed by atoms with E-state index in [4.69, 9.17) is 10.5 Å². The van der Waals surface area contributed by atoms with Crippen LogP contribution < -0.4 is 10.5 Å². The molecule has 0 aromatic heterocycles. The molecule has 1 saturated carbocycles. The summed E-state index contributed by atoms with van der Waals surface area (Å²) >= 11 is 0. The van der Waals surface area contributed by atoms with Gasteiger partial charge in [-0.25, -0.2) is 4.99 Å². The molecule has 2 N–H and O–H groups in total. The highest BCUT2D eigenvalue weighted by Gasteiger charge is 2.48. The predicted octanol–water partition coefficient (Wildman–Crippen LogP) is 3.51. The van der Waals surface area contributed by atoms with Crippen molar-refractivity contribution in [1.29, 1.82) is 0 Å². The summed E-state index contributed by atoms with van der Waals surface area (Å²) in [6.07, 6.45) is 8.86. The van der Waals surface area contributed by atoms with Gasteiger partial charge in [-0.2, -0.15) is 0 Å². The first kappa shape index (κ1) is 18.7. The summed E-state index contributed by atoms with van der Waals surface area (Å²) in [5.74, 6) is 1.64. The lowest BCUT2D eigenvalue weighted by Crippen LogP contribution is -2.47. The number of aryl methyl sites for hydroxylation is 1. The lowest BCUT2D eigenvalue weighted by Gasteiger charge is -2.31. The Morgan fingerprint density at radius 3 is 2.65 bits per heavy atom. The highest BCUT2D eigenvalue weighted by Crippen LogP contribution is 2.36. The average molecular weight is 357 g/mol. The molecule has 1 heterocycles. The van der Waals surface area contributed by atoms with Crippen LogP contribution in [0.3, 0.4) is 0 Å². The van der Waals surface area contributed by atoms with Crippen LogP contribution in [0.1, 0.15) is 57.4 Å². The van der Waals surface area contributed by atoms with Crippen LogP contribution in [0.25, 0.3) is 0 Å². The topological polar surface area (TPSA) is 67.9 Å². The maximum absolute atomic E-state index is 13.0. The number of hydrogen-bond donors (Lipinski definition) is 1. The molecule has 5 heteroatoms. The smallest absolute Gasteiger partial charge is 0.260 e. The lowest BCUT2D eigenvalue weighted by molar-refractivity contribution is -0.132. The summed E-state index contributed by atoms with van der Waals surface area (Å²) in [6, 6.07) is 8.07. The van der Waals surface area contributed by atoms with Crippen molar-refractivity contribution in [2.75, 3.05) is 13.7 Å². The summed E-state index contributed by atoms with van der Waals surface area (Å²) in [5, 5.41) is 0. The third-order valence-corrected chi connectivity index (χ3v) is 5.68. The van der Waals surface area contributed by atoms with Gasteiger partial charge >= 0.3 is 0 Å². The Bertz CT molecular complexity index is 667. The summed E-state index contributed by atoms with van der Waals surface area (Å²) in [6.45, 7) is 2.41. The second-order valence-electron chi connectivity index (χ2n) is 7.72. The molecule has 2 aliphatic rings. The van der Waals surface area contributed by atoms with Gasteiger partial charge in [-0.15, -0.1) is 0 Å². The van der Waals surface area contributed by atoms with Crippen molar-refractivity contribution in [3.63, 3.8) is 0 Å². The van der Waals surface area contributed by atoms with Crippen LogP contribution >= 0.6 is 0 Å². The Labute approximate surface area is 156 Å². The molecule has 26 heavy (non-hydrogen) atoms. The van der Waals surface area contributed by atoms with E-state index in [1.165, 1.54) is 42.6 Å². The first-order chi connectivity index (χ1) is 12.6. The van der Waals surface area contributed by atoms with Crippen LogP contribution in [0.15, 0.2) is 29.3 Å². The number of likely N-dealkylation sites (N-methyl/N-ethyl adjacent to an activating group) is 1. The second kappa shape index (κ2) is 8.11. The van der Waals surface area contributed by atoms with Gasteiger partial charge in [0.15, 0.2) is 11.5 Å². The predicted molar refractivity (Wildman–Crippen MR) is 104 cm³/mol. The van der Waals surface area contributed by atoms with Gasteiger partial charge in [-0.3, -0.25) is 9.69 Å². The van der Waals surface area contributed by atoms with E-state index in [9.17, 15) is 4.79 Å². The number of nitrogens with zero attached hydrogens (tertiary/aromatic N) is 2. The van der Waals surface area contributed by atoms with E-state index in [0.717, 1.165) is 25.0 Å². The summed E-state index contributed by atoms with van der Waals surface area (Å²) in [4.78, 5) is 19.1. The zero-order valence-corrected chi connectivity index (χ0v) is 16.0. The number of guanidine groups is 1. The summed E-state index contributed by atoms with van der Waals surface area (Å²) in [7, 11) is 1.70. The van der Waals surface area contributed by atoms with Gasteiger partial charge in [0.1, 0.15) is 12.4 Å². The average Bonchev–Trinajstić information content (AvgIpc) is 2.86. The van der Waals surface area contributed by atoms with Crippen molar-refractivity contribution in [1.82, 2.24) is 4.90 Å². The molecule has 1 aromatic rings. The zero-order valence-electron chi connectivity index (χ0n) is 16.0. The SMILES string of the molecule is CCCc1ccccc1OCC1(CC2CCCCC2)N=C(N)N(C)C1=O. The number of rotatable bonds is 7. The Morgan fingerprint density at radius 1 is 1.27 bits per heavy atom. The molecule has 1 amide bonds. The highest BCUT2D eigenvalue weighted by molar-refractivity contribution is 6.06. The van der Waals surface area contributed by atoms with E-state index >= 15 is 0 Å². The normalized spacial score (nSPS) is 24.0.